The first-order chi connectivity index (χ1) is 12.3. The number of rotatable bonds is 4. The quantitative estimate of drug-likeness (QED) is 0.510. The van der Waals surface area contributed by atoms with Crippen molar-refractivity contribution in [1.29, 1.82) is 0 Å². The first-order valence-electron chi connectivity index (χ1n) is 7.98. The molecule has 0 aliphatic carbocycles. The summed E-state index contributed by atoms with van der Waals surface area (Å²) in [6, 6.07) is 6.81. The minimum atomic E-state index is -0.495. The molecule has 6 nitrogen and oxygen atoms in total. The van der Waals surface area contributed by atoms with Crippen LogP contribution in [0, 0.1) is 30.9 Å². The zero-order valence-corrected chi connectivity index (χ0v) is 15.3. The van der Waals surface area contributed by atoms with Crippen molar-refractivity contribution in [1.82, 2.24) is 0 Å². The molecule has 0 bridgehead atoms. The van der Waals surface area contributed by atoms with Gasteiger partial charge in [0.1, 0.15) is 11.3 Å². The summed E-state index contributed by atoms with van der Waals surface area (Å²) in [5.74, 6) is -0.362. The van der Waals surface area contributed by atoms with Crippen molar-refractivity contribution in [2.75, 3.05) is 5.32 Å². The summed E-state index contributed by atoms with van der Waals surface area (Å²) in [5.41, 5.74) is 3.70. The molecule has 0 radical (unpaired) electrons. The highest BCUT2D eigenvalue weighted by atomic mass is 35.5. The highest BCUT2D eigenvalue weighted by molar-refractivity contribution is 6.32. The van der Waals surface area contributed by atoms with Gasteiger partial charge >= 0.3 is 0 Å². The Morgan fingerprint density at radius 3 is 2.62 bits per heavy atom. The molecule has 2 aromatic carbocycles. The molecule has 0 aliphatic heterocycles. The van der Waals surface area contributed by atoms with E-state index in [4.69, 9.17) is 16.0 Å². The Kier molecular flexibility index (Phi) is 4.70. The van der Waals surface area contributed by atoms with Crippen molar-refractivity contribution in [2.24, 2.45) is 0 Å². The van der Waals surface area contributed by atoms with Gasteiger partial charge in [-0.2, -0.15) is 0 Å². The fraction of sp³-hybridized carbons (Fsp3) is 0.211. The second kappa shape index (κ2) is 6.80. The molecule has 26 heavy (non-hydrogen) atoms. The van der Waals surface area contributed by atoms with Gasteiger partial charge in [0.25, 0.3) is 5.69 Å². The predicted molar refractivity (Wildman–Crippen MR) is 101 cm³/mol. The third-order valence-corrected chi connectivity index (χ3v) is 4.61. The van der Waals surface area contributed by atoms with Crippen LogP contribution in [0.4, 0.5) is 11.4 Å². The lowest BCUT2D eigenvalue weighted by molar-refractivity contribution is -0.384. The average molecular weight is 373 g/mol. The van der Waals surface area contributed by atoms with Crippen LogP contribution in [0.1, 0.15) is 22.3 Å². The fourth-order valence-corrected chi connectivity index (χ4v) is 3.11. The van der Waals surface area contributed by atoms with Crippen LogP contribution in [0.25, 0.3) is 11.0 Å². The molecule has 0 spiro atoms. The highest BCUT2D eigenvalue weighted by Gasteiger charge is 2.20. The minimum absolute atomic E-state index is 0.0247. The van der Waals surface area contributed by atoms with E-state index in [2.05, 4.69) is 5.32 Å². The normalized spacial score (nSPS) is 10.9. The van der Waals surface area contributed by atoms with E-state index in [-0.39, 0.29) is 23.7 Å². The summed E-state index contributed by atoms with van der Waals surface area (Å²) in [4.78, 5) is 23.3. The predicted octanol–water partition coefficient (Wildman–Crippen LogP) is 5.10. The Bertz CT molecular complexity index is 1040. The summed E-state index contributed by atoms with van der Waals surface area (Å²) in [5, 5.41) is 15.3. The number of fused-ring (bicyclic) bond motifs is 1. The molecule has 3 rings (SSSR count). The molecule has 1 aromatic heterocycles. The lowest BCUT2D eigenvalue weighted by Gasteiger charge is -2.10. The maximum Gasteiger partial charge on any atom is 0.293 e. The van der Waals surface area contributed by atoms with E-state index in [1.807, 2.05) is 13.0 Å². The zero-order chi connectivity index (χ0) is 19.0. The number of nitrogens with one attached hydrogen (secondary N) is 1. The molecule has 0 fully saturated rings. The molecule has 0 aliphatic rings. The van der Waals surface area contributed by atoms with Gasteiger partial charge in [0, 0.05) is 22.0 Å². The standard InChI is InChI=1S/C19H17ClN2O4/c1-10-4-12(3)19(16(5-10)22(24)25)21-18(23)7-13-9-26-17-6-11(2)15(20)8-14(13)17/h4-6,8-9H,7H2,1-3H3,(H,21,23). The summed E-state index contributed by atoms with van der Waals surface area (Å²) in [6.07, 6.45) is 1.54. The number of carbonyl (C=O) groups excluding carboxylic acids is 1. The van der Waals surface area contributed by atoms with Gasteiger partial charge < -0.3 is 9.73 Å². The number of hydrogen-bond acceptors (Lipinski definition) is 4. The molecular formula is C19H17ClN2O4. The lowest BCUT2D eigenvalue weighted by Crippen LogP contribution is -2.16. The number of furan rings is 1. The van der Waals surface area contributed by atoms with Crippen LogP contribution in [0.2, 0.25) is 5.02 Å². The van der Waals surface area contributed by atoms with E-state index in [0.29, 0.717) is 21.7 Å². The molecule has 0 saturated carbocycles. The summed E-state index contributed by atoms with van der Waals surface area (Å²) >= 11 is 6.16. The van der Waals surface area contributed by atoms with Crippen LogP contribution in [0.3, 0.4) is 0 Å². The van der Waals surface area contributed by atoms with Crippen LogP contribution in [-0.2, 0) is 11.2 Å². The third-order valence-electron chi connectivity index (χ3n) is 4.21. The largest absolute Gasteiger partial charge is 0.464 e. The molecular weight excluding hydrogens is 356 g/mol. The van der Waals surface area contributed by atoms with Crippen LogP contribution in [0.5, 0.6) is 0 Å². The number of benzene rings is 2. The van der Waals surface area contributed by atoms with E-state index < -0.39 is 4.92 Å². The van der Waals surface area contributed by atoms with E-state index in [1.165, 1.54) is 12.3 Å². The van der Waals surface area contributed by atoms with E-state index >= 15 is 0 Å². The molecule has 3 aromatic rings. The fourth-order valence-electron chi connectivity index (χ4n) is 2.95. The Hall–Kier alpha value is -2.86. The number of halogens is 1. The average Bonchev–Trinajstić information content (AvgIpc) is 2.92. The van der Waals surface area contributed by atoms with Gasteiger partial charge in [0.15, 0.2) is 0 Å². The second-order valence-electron chi connectivity index (χ2n) is 6.32. The van der Waals surface area contributed by atoms with Gasteiger partial charge in [-0.3, -0.25) is 14.9 Å². The minimum Gasteiger partial charge on any atom is -0.464 e. The molecule has 0 saturated heterocycles. The van der Waals surface area contributed by atoms with Crippen molar-refractivity contribution in [3.8, 4) is 0 Å². The zero-order valence-electron chi connectivity index (χ0n) is 14.6. The van der Waals surface area contributed by atoms with Gasteiger partial charge in [0.2, 0.25) is 5.91 Å². The van der Waals surface area contributed by atoms with Gasteiger partial charge in [-0.25, -0.2) is 0 Å². The van der Waals surface area contributed by atoms with Gasteiger partial charge in [-0.15, -0.1) is 0 Å². The maximum absolute atomic E-state index is 12.5. The van der Waals surface area contributed by atoms with Crippen LogP contribution in [0.15, 0.2) is 34.9 Å². The first-order valence-corrected chi connectivity index (χ1v) is 8.35. The SMILES string of the molecule is Cc1cc(C)c(NC(=O)Cc2coc3cc(C)c(Cl)cc23)c([N+](=O)[O-])c1. The van der Waals surface area contributed by atoms with Crippen LogP contribution < -0.4 is 5.32 Å². The van der Waals surface area contributed by atoms with Gasteiger partial charge in [-0.05, 0) is 49.6 Å². The molecule has 1 N–H and O–H groups in total. The Morgan fingerprint density at radius 2 is 1.92 bits per heavy atom. The maximum atomic E-state index is 12.5. The molecule has 0 unspecified atom stereocenters. The molecule has 1 heterocycles. The van der Waals surface area contributed by atoms with Crippen molar-refractivity contribution in [3.63, 3.8) is 0 Å². The Balaban J connectivity index is 1.89. The van der Waals surface area contributed by atoms with E-state index in [9.17, 15) is 14.9 Å². The molecule has 0 atom stereocenters. The highest BCUT2D eigenvalue weighted by Crippen LogP contribution is 2.31. The van der Waals surface area contributed by atoms with Crippen molar-refractivity contribution < 1.29 is 14.1 Å². The monoisotopic (exact) mass is 372 g/mol. The van der Waals surface area contributed by atoms with Crippen LogP contribution in [-0.4, -0.2) is 10.8 Å². The summed E-state index contributed by atoms with van der Waals surface area (Å²) in [6.45, 7) is 5.37. The molecule has 134 valence electrons. The number of aryl methyl sites for hydroxylation is 3. The van der Waals surface area contributed by atoms with E-state index in [1.54, 1.807) is 26.0 Å². The van der Waals surface area contributed by atoms with Crippen molar-refractivity contribution in [3.05, 3.63) is 67.9 Å². The smallest absolute Gasteiger partial charge is 0.293 e. The summed E-state index contributed by atoms with van der Waals surface area (Å²) in [7, 11) is 0. The molecule has 1 amide bonds. The molecule has 7 heteroatoms. The first kappa shape index (κ1) is 17.9. The topological polar surface area (TPSA) is 85.4 Å². The van der Waals surface area contributed by atoms with Crippen molar-refractivity contribution in [2.45, 2.75) is 27.2 Å². The third kappa shape index (κ3) is 3.41. The van der Waals surface area contributed by atoms with Gasteiger partial charge in [-0.1, -0.05) is 17.7 Å². The second-order valence-corrected chi connectivity index (χ2v) is 6.72. The number of hydrogen-bond donors (Lipinski definition) is 1. The summed E-state index contributed by atoms with van der Waals surface area (Å²) < 4.78 is 5.49. The number of nitrogens with zero attached hydrogens (tertiary/aromatic N) is 1. The van der Waals surface area contributed by atoms with Gasteiger partial charge in [0.05, 0.1) is 17.6 Å². The Labute approximate surface area is 154 Å². The van der Waals surface area contributed by atoms with E-state index in [0.717, 1.165) is 16.5 Å². The van der Waals surface area contributed by atoms with Crippen LogP contribution >= 0.6 is 11.6 Å². The lowest BCUT2D eigenvalue weighted by atomic mass is 10.1. The Morgan fingerprint density at radius 1 is 1.19 bits per heavy atom. The number of nitro groups is 1. The number of anilines is 1. The number of carbonyl (C=O) groups is 1. The number of nitro benzene ring substituents is 1. The number of amides is 1. The van der Waals surface area contributed by atoms with Crippen molar-refractivity contribution >= 4 is 39.9 Å².